The Balaban J connectivity index is -0.000000122. The van der Waals surface area contributed by atoms with Crippen molar-refractivity contribution in [3.63, 3.8) is 0 Å². The van der Waals surface area contributed by atoms with E-state index in [9.17, 15) is 132 Å². The fourth-order valence-corrected chi connectivity index (χ4v) is 4.27. The molecule has 89 heavy (non-hydrogen) atoms. The zero-order valence-corrected chi connectivity index (χ0v) is 57.1. The van der Waals surface area contributed by atoms with Gasteiger partial charge in [0.2, 0.25) is 0 Å². The second-order valence-corrected chi connectivity index (χ2v) is 16.6. The van der Waals surface area contributed by atoms with Gasteiger partial charge in [0.05, 0.1) is 5.56 Å². The van der Waals surface area contributed by atoms with Crippen molar-refractivity contribution in [3.8, 4) is 0 Å². The van der Waals surface area contributed by atoms with Crippen molar-refractivity contribution in [2.24, 2.45) is 0 Å². The molecule has 0 spiro atoms. The summed E-state index contributed by atoms with van der Waals surface area (Å²) in [6.45, 7) is -13.9. The van der Waals surface area contributed by atoms with Crippen molar-refractivity contribution >= 4 is 112 Å². The van der Waals surface area contributed by atoms with Gasteiger partial charge in [-0.3, -0.25) is 19.1 Å². The third kappa shape index (κ3) is 63.1. The minimum Gasteiger partial charge on any atom is -0.722 e. The van der Waals surface area contributed by atoms with E-state index in [0.717, 1.165) is 18.2 Å². The Kier molecular flexibility index (Phi) is 62.0. The molecule has 0 heterocycles. The van der Waals surface area contributed by atoms with Gasteiger partial charge in [0, 0.05) is 25.8 Å². The fraction of sp³-hybridized carbons (Fsp3) is 0.333. The Bertz CT molecular complexity index is 2760. The van der Waals surface area contributed by atoms with E-state index in [1.54, 1.807) is 0 Å². The van der Waals surface area contributed by atoms with E-state index in [1.807, 2.05) is 27.5 Å². The molecule has 0 unspecified atom stereocenters. The summed E-state index contributed by atoms with van der Waals surface area (Å²) in [4.78, 5) is 25.9. The molecule has 0 N–H and O–H groups in total. The van der Waals surface area contributed by atoms with Crippen molar-refractivity contribution < 1.29 is 284 Å². The van der Waals surface area contributed by atoms with Crippen LogP contribution in [0.1, 0.15) is 44.8 Å². The van der Waals surface area contributed by atoms with Crippen LogP contribution >= 0.6 is 68.9 Å². The summed E-state index contributed by atoms with van der Waals surface area (Å²) in [7, 11) is -16.5. The first-order chi connectivity index (χ1) is 38.7. The Morgan fingerprint density at radius 3 is 0.854 bits per heavy atom. The van der Waals surface area contributed by atoms with Gasteiger partial charge in [0.25, 0.3) is 21.0 Å². The van der Waals surface area contributed by atoms with Crippen molar-refractivity contribution in [2.75, 3.05) is 40.0 Å². The quantitative estimate of drug-likeness (QED) is 0.0256. The van der Waals surface area contributed by atoms with Crippen LogP contribution in [0.15, 0.2) is 84.9 Å². The van der Waals surface area contributed by atoms with Crippen LogP contribution in [0.3, 0.4) is 0 Å². The molecular weight excluding hydrogens is 1780 g/mol. The summed E-state index contributed by atoms with van der Waals surface area (Å²) in [5, 5.41) is 0. The molecule has 0 aliphatic rings. The topological polar surface area (TPSA) is 210 Å². The maximum Gasteiger partial charge on any atom is 1.00 e. The van der Waals surface area contributed by atoms with Gasteiger partial charge >= 0.3 is 150 Å². The Morgan fingerprint density at radius 2 is 0.652 bits per heavy atom. The summed E-state index contributed by atoms with van der Waals surface area (Å²) < 4.78 is 402. The van der Waals surface area contributed by atoms with Gasteiger partial charge in [-0.25, -0.2) is 60.7 Å². The van der Waals surface area contributed by atoms with Crippen LogP contribution in [-0.2, 0) is 52.0 Å². The maximum atomic E-state index is 13.4. The molecule has 0 aliphatic carbocycles. The Hall–Kier alpha value is -0.697. The average Bonchev–Trinajstić information content (AvgIpc) is 3.39. The third-order valence-electron chi connectivity index (χ3n) is 6.67. The standard InChI is InChI=1S/C15H9F5O.C13H7F2IO.2C4H4F6O.C2H2F4O.CH4.F2O2S.2FI.2FHO3S.2K/c16-8-15(19,20)12-7-10(3-6-13(12)18)14(21)9-1-4-11(17)5-2-9;14-10-4-1-8(2-5-10)13(17)9-3-6-11(15)12(16)7-9;2*5-1-3(7,8)11-4(9,10)2-6;3-1-2(4,5)7-6;;1-5(2,3)4;2*1-2;2*1-5(2,3)4;;/h1-7H,8H2;1-7H;2*1-2H2;1H2;1H4;;;;2*(H,2,3,4);;/q;;;;;;;;;;;2*+1/p-2. The van der Waals surface area contributed by atoms with Gasteiger partial charge in [-0.2, -0.15) is 66.8 Å². The Morgan fingerprint density at radius 1 is 0.427 bits per heavy atom. The van der Waals surface area contributed by atoms with Gasteiger partial charge in [-0.15, -0.1) is 12.7 Å². The van der Waals surface area contributed by atoms with Gasteiger partial charge in [-0.1, -0.05) is 15.2 Å². The second kappa shape index (κ2) is 51.6. The largest absolute Gasteiger partial charge is 1.00 e. The second-order valence-electron chi connectivity index (χ2n) is 13.1. The number of benzene rings is 4. The van der Waals surface area contributed by atoms with Crippen LogP contribution in [-0.4, -0.2) is 117 Å². The van der Waals surface area contributed by atoms with Crippen LogP contribution in [0, 0.1) is 26.8 Å². The molecular formula is C39H30F29I3K2O13S3. The average molecular weight is 1810 g/mol. The number of alkyl halides is 18. The molecule has 0 aromatic heterocycles. The molecule has 0 fully saturated rings. The first-order valence-corrected chi connectivity index (χ1v) is 25.7. The number of hydrogen-bond acceptors (Lipinski definition) is 13. The molecule has 0 bridgehead atoms. The van der Waals surface area contributed by atoms with Crippen molar-refractivity contribution in [1.82, 2.24) is 0 Å². The summed E-state index contributed by atoms with van der Waals surface area (Å²) in [6.07, 6.45) is -22.8. The molecule has 0 saturated carbocycles. The van der Waals surface area contributed by atoms with E-state index < -0.39 is 137 Å². The van der Waals surface area contributed by atoms with E-state index in [1.165, 1.54) is 54.6 Å². The van der Waals surface area contributed by atoms with Gasteiger partial charge in [-0.05, 0) is 112 Å². The Labute approximate surface area is 611 Å². The predicted octanol–water partition coefficient (Wildman–Crippen LogP) is 10.0. The summed E-state index contributed by atoms with van der Waals surface area (Å²) in [5.74, 6) is -7.56. The van der Waals surface area contributed by atoms with E-state index in [4.69, 9.17) is 34.4 Å². The molecule has 13 nitrogen and oxygen atoms in total. The van der Waals surface area contributed by atoms with Crippen LogP contribution in [0.25, 0.3) is 0 Å². The minimum absolute atomic E-state index is 0. The number of ether oxygens (including phenoxy) is 2. The molecule has 0 atom stereocenters. The summed E-state index contributed by atoms with van der Waals surface area (Å²) >= 11 is 3.12. The number of hydrogen-bond donors (Lipinski definition) is 0. The van der Waals surface area contributed by atoms with Crippen LogP contribution < -0.4 is 103 Å². The fourth-order valence-electron chi connectivity index (χ4n) is 3.76. The first kappa shape index (κ1) is 107. The minimum atomic E-state index is -5.67. The number of halogens is 32. The predicted molar refractivity (Wildman–Crippen MR) is 264 cm³/mol. The smallest absolute Gasteiger partial charge is 0.722 e. The SMILES string of the molecule is C.FCC(F)(F)OC(F)(F)CF.FCC(F)(F)OC(F)(F)CF.FCC(F)(F)OF.FI.FI.O=C(c1ccc(F)cc1)c1ccc(F)c(C(F)(F)CF)c1.O=C(c1ccc(F)cc1)c1ccc(F)c(I)c1.O=S(=O)(F)F.O=S(=O)([O-])F.O=S(=O)([O-])F.[K+].[K+]. The normalized spacial score (nSPS) is 11.1. The molecule has 4 aromatic carbocycles. The molecule has 0 aliphatic heterocycles. The number of ketones is 2. The first-order valence-electron chi connectivity index (χ1n) is 19.1. The van der Waals surface area contributed by atoms with E-state index in [-0.39, 0.29) is 133 Å². The maximum absolute atomic E-state index is 13.4. The van der Waals surface area contributed by atoms with Gasteiger partial charge in [0.1, 0.15) is 23.3 Å². The number of rotatable bonds is 16. The zero-order chi connectivity index (χ0) is 69.7. The van der Waals surface area contributed by atoms with Crippen molar-refractivity contribution in [2.45, 2.75) is 43.9 Å². The number of carbonyl (C=O) groups is 2. The van der Waals surface area contributed by atoms with E-state index in [2.05, 4.69) is 9.47 Å². The summed E-state index contributed by atoms with van der Waals surface area (Å²) in [6, 6.07) is 16.1. The zero-order valence-electron chi connectivity index (χ0n) is 42.0. The van der Waals surface area contributed by atoms with Crippen LogP contribution in [0.4, 0.5) is 122 Å². The van der Waals surface area contributed by atoms with E-state index in [0.29, 0.717) is 73.2 Å². The van der Waals surface area contributed by atoms with Gasteiger partial charge in [0.15, 0.2) is 97.9 Å². The monoisotopic (exact) mass is 1810 g/mol. The summed E-state index contributed by atoms with van der Waals surface area (Å²) in [5.41, 5.74) is -0.585. The van der Waals surface area contributed by atoms with Crippen LogP contribution in [0.2, 0.25) is 0 Å². The number of carbonyl (C=O) groups excluding carboxylic acids is 2. The molecule has 0 radical (unpaired) electrons. The molecule has 4 aromatic rings. The van der Waals surface area contributed by atoms with E-state index >= 15 is 0 Å². The molecule has 50 heteroatoms. The van der Waals surface area contributed by atoms with Crippen molar-refractivity contribution in [3.05, 3.63) is 140 Å². The van der Waals surface area contributed by atoms with Gasteiger partial charge < -0.3 is 9.11 Å². The molecule has 4 rings (SSSR count). The molecule has 508 valence electrons. The molecule has 0 amide bonds. The van der Waals surface area contributed by atoms with Crippen molar-refractivity contribution in [1.29, 1.82) is 0 Å². The van der Waals surface area contributed by atoms with Crippen LogP contribution in [0.5, 0.6) is 0 Å². The third-order valence-corrected chi connectivity index (χ3v) is 7.50. The molecule has 0 saturated heterocycles.